The van der Waals surface area contributed by atoms with Crippen LogP contribution in [0.5, 0.6) is 0 Å². The number of allylic oxidation sites excluding steroid dienone is 10. The molecule has 0 rings (SSSR count). The fraction of sp³-hybridized carbons (Fsp3) is 0.829. The molecule has 0 saturated carbocycles. The van der Waals surface area contributed by atoms with Crippen molar-refractivity contribution < 1.29 is 28.6 Å². The molecule has 0 spiro atoms. The zero-order valence-electron chi connectivity index (χ0n) is 55.0. The van der Waals surface area contributed by atoms with Crippen molar-refractivity contribution in [2.75, 3.05) is 13.2 Å². The number of carbonyl (C=O) groups excluding carboxylic acids is 3. The minimum absolute atomic E-state index is 0.0765. The second-order valence-corrected chi connectivity index (χ2v) is 24.5. The maximum atomic E-state index is 12.9. The van der Waals surface area contributed by atoms with Gasteiger partial charge in [0.25, 0.3) is 0 Å². The molecular weight excluding hydrogens is 1010 g/mol. The fourth-order valence-corrected chi connectivity index (χ4v) is 10.7. The van der Waals surface area contributed by atoms with Gasteiger partial charge in [-0.1, -0.05) is 326 Å². The molecule has 0 aliphatic rings. The Balaban J connectivity index is 4.15. The van der Waals surface area contributed by atoms with Gasteiger partial charge >= 0.3 is 17.9 Å². The van der Waals surface area contributed by atoms with Crippen molar-refractivity contribution in [3.63, 3.8) is 0 Å². The van der Waals surface area contributed by atoms with Crippen LogP contribution in [0.15, 0.2) is 60.8 Å². The molecule has 82 heavy (non-hydrogen) atoms. The largest absolute Gasteiger partial charge is 0.462 e. The standard InChI is InChI=1S/C76H138O6/c1-4-7-10-13-16-19-22-25-28-30-31-32-33-34-35-36-37-38-39-40-41-42-43-44-45-47-48-51-54-57-60-63-66-69-75(78)81-72-73(71-80-74(77)68-65-62-59-56-53-50-27-24-21-18-15-12-9-6-3)82-76(79)70-67-64-61-58-55-52-49-46-29-26-23-20-17-14-11-8-5-2/h15,18,22,24-27,29-31,73H,4-14,16-17,19-21,23,28,32-72H2,1-3H3/b18-15-,25-22-,27-24-,29-26-,31-30-. The number of ether oxygens (including phenoxy) is 3. The average molecular weight is 1150 g/mol. The molecule has 478 valence electrons. The fourth-order valence-electron chi connectivity index (χ4n) is 10.7. The van der Waals surface area contributed by atoms with Crippen LogP contribution in [0.25, 0.3) is 0 Å². The topological polar surface area (TPSA) is 78.9 Å². The zero-order chi connectivity index (χ0) is 59.2. The van der Waals surface area contributed by atoms with Gasteiger partial charge in [0.15, 0.2) is 6.10 Å². The molecule has 0 heterocycles. The van der Waals surface area contributed by atoms with E-state index in [1.54, 1.807) is 0 Å². The average Bonchev–Trinajstić information content (AvgIpc) is 3.48. The second kappa shape index (κ2) is 70.6. The van der Waals surface area contributed by atoms with E-state index >= 15 is 0 Å². The van der Waals surface area contributed by atoms with Crippen molar-refractivity contribution in [3.05, 3.63) is 60.8 Å². The first-order valence-corrected chi connectivity index (χ1v) is 36.3. The van der Waals surface area contributed by atoms with Gasteiger partial charge in [-0.05, 0) is 103 Å². The normalized spacial score (nSPS) is 12.4. The van der Waals surface area contributed by atoms with Crippen LogP contribution in [0, 0.1) is 0 Å². The predicted octanol–water partition coefficient (Wildman–Crippen LogP) is 25.1. The highest BCUT2D eigenvalue weighted by Gasteiger charge is 2.19. The van der Waals surface area contributed by atoms with Crippen LogP contribution in [0.2, 0.25) is 0 Å². The summed E-state index contributed by atoms with van der Waals surface area (Å²) in [6, 6.07) is 0. The molecule has 0 bridgehead atoms. The number of carbonyl (C=O) groups is 3. The van der Waals surface area contributed by atoms with Gasteiger partial charge in [0.05, 0.1) is 0 Å². The molecule has 0 aliphatic carbocycles. The number of hydrogen-bond acceptors (Lipinski definition) is 6. The Morgan fingerprint density at radius 2 is 0.451 bits per heavy atom. The summed E-state index contributed by atoms with van der Waals surface area (Å²) in [4.78, 5) is 38.4. The maximum Gasteiger partial charge on any atom is 0.306 e. The lowest BCUT2D eigenvalue weighted by atomic mass is 10.0. The SMILES string of the molecule is CCCC/C=C\C/C=C\CCCCCCCC(=O)OCC(COC(=O)CCCCCCCCCCCCCCCCCCCCCCC/C=C\C/C=C\CCCCCCC)OC(=O)CCCCCCCCC/C=C\CCCCCCCC. The molecule has 0 aromatic carbocycles. The van der Waals surface area contributed by atoms with Crippen molar-refractivity contribution in [2.24, 2.45) is 0 Å². The van der Waals surface area contributed by atoms with E-state index in [1.807, 2.05) is 0 Å². The number of unbranched alkanes of at least 4 members (excludes halogenated alkanes) is 46. The van der Waals surface area contributed by atoms with Gasteiger partial charge in [0, 0.05) is 19.3 Å². The molecule has 0 saturated heterocycles. The van der Waals surface area contributed by atoms with E-state index in [-0.39, 0.29) is 31.1 Å². The number of esters is 3. The summed E-state index contributed by atoms with van der Waals surface area (Å²) in [6.45, 7) is 6.63. The molecule has 0 aromatic rings. The summed E-state index contributed by atoms with van der Waals surface area (Å²) in [7, 11) is 0. The molecule has 0 fully saturated rings. The van der Waals surface area contributed by atoms with E-state index < -0.39 is 6.10 Å². The highest BCUT2D eigenvalue weighted by atomic mass is 16.6. The van der Waals surface area contributed by atoms with Crippen molar-refractivity contribution in [3.8, 4) is 0 Å². The molecule has 6 nitrogen and oxygen atoms in total. The molecule has 0 aliphatic heterocycles. The monoisotopic (exact) mass is 1150 g/mol. The van der Waals surface area contributed by atoms with Crippen LogP contribution in [-0.4, -0.2) is 37.2 Å². The Morgan fingerprint density at radius 3 is 0.720 bits per heavy atom. The van der Waals surface area contributed by atoms with Gasteiger partial charge < -0.3 is 14.2 Å². The summed E-state index contributed by atoms with van der Waals surface area (Å²) in [5.41, 5.74) is 0. The summed E-state index contributed by atoms with van der Waals surface area (Å²) in [6.07, 6.45) is 91.2. The van der Waals surface area contributed by atoms with E-state index in [9.17, 15) is 14.4 Å². The third kappa shape index (κ3) is 67.9. The van der Waals surface area contributed by atoms with Gasteiger partial charge in [-0.25, -0.2) is 0 Å². The van der Waals surface area contributed by atoms with E-state index in [0.29, 0.717) is 19.3 Å². The Labute approximate surface area is 510 Å². The maximum absolute atomic E-state index is 12.9. The Bertz CT molecular complexity index is 1460. The minimum atomic E-state index is -0.782. The van der Waals surface area contributed by atoms with Gasteiger partial charge in [0.2, 0.25) is 0 Å². The first-order chi connectivity index (χ1) is 40.5. The summed E-state index contributed by atoms with van der Waals surface area (Å²) >= 11 is 0. The van der Waals surface area contributed by atoms with Gasteiger partial charge in [-0.15, -0.1) is 0 Å². The molecule has 0 N–H and O–H groups in total. The van der Waals surface area contributed by atoms with E-state index in [0.717, 1.165) is 83.5 Å². The van der Waals surface area contributed by atoms with Crippen molar-refractivity contribution in [2.45, 2.75) is 393 Å². The van der Waals surface area contributed by atoms with Crippen molar-refractivity contribution >= 4 is 17.9 Å². The first kappa shape index (κ1) is 79.1. The minimum Gasteiger partial charge on any atom is -0.462 e. The smallest absolute Gasteiger partial charge is 0.306 e. The van der Waals surface area contributed by atoms with Gasteiger partial charge in [-0.2, -0.15) is 0 Å². The highest BCUT2D eigenvalue weighted by molar-refractivity contribution is 5.71. The quantitative estimate of drug-likeness (QED) is 0.0261. The molecule has 1 unspecified atom stereocenters. The molecule has 0 amide bonds. The van der Waals surface area contributed by atoms with Crippen LogP contribution < -0.4 is 0 Å². The molecular formula is C76H138O6. The van der Waals surface area contributed by atoms with Crippen molar-refractivity contribution in [1.29, 1.82) is 0 Å². The Morgan fingerprint density at radius 1 is 0.244 bits per heavy atom. The second-order valence-electron chi connectivity index (χ2n) is 24.5. The lowest BCUT2D eigenvalue weighted by molar-refractivity contribution is -0.167. The van der Waals surface area contributed by atoms with E-state index in [1.165, 1.54) is 263 Å². The van der Waals surface area contributed by atoms with Gasteiger partial charge in [-0.3, -0.25) is 14.4 Å². The van der Waals surface area contributed by atoms with E-state index in [2.05, 4.69) is 81.5 Å². The number of rotatable bonds is 67. The molecule has 0 radical (unpaired) electrons. The van der Waals surface area contributed by atoms with Crippen LogP contribution in [0.4, 0.5) is 0 Å². The van der Waals surface area contributed by atoms with Gasteiger partial charge in [0.1, 0.15) is 13.2 Å². The molecule has 1 atom stereocenters. The van der Waals surface area contributed by atoms with Crippen LogP contribution >= 0.6 is 0 Å². The first-order valence-electron chi connectivity index (χ1n) is 36.3. The lowest BCUT2D eigenvalue weighted by Gasteiger charge is -2.18. The van der Waals surface area contributed by atoms with Crippen LogP contribution in [0.1, 0.15) is 387 Å². The Hall–Kier alpha value is -2.89. The zero-order valence-corrected chi connectivity index (χ0v) is 55.0. The van der Waals surface area contributed by atoms with Crippen LogP contribution in [0.3, 0.4) is 0 Å². The molecule has 6 heteroatoms. The molecule has 0 aromatic heterocycles. The Kier molecular flexibility index (Phi) is 68.1. The summed E-state index contributed by atoms with van der Waals surface area (Å²) in [5.74, 6) is -0.873. The van der Waals surface area contributed by atoms with Crippen LogP contribution in [-0.2, 0) is 28.6 Å². The van der Waals surface area contributed by atoms with E-state index in [4.69, 9.17) is 14.2 Å². The lowest BCUT2D eigenvalue weighted by Crippen LogP contribution is -2.30. The third-order valence-corrected chi connectivity index (χ3v) is 16.2. The predicted molar refractivity (Wildman–Crippen MR) is 358 cm³/mol. The summed E-state index contributed by atoms with van der Waals surface area (Å²) < 4.78 is 17.0. The summed E-state index contributed by atoms with van der Waals surface area (Å²) in [5, 5.41) is 0. The number of hydrogen-bond donors (Lipinski definition) is 0. The third-order valence-electron chi connectivity index (χ3n) is 16.2. The van der Waals surface area contributed by atoms with Crippen molar-refractivity contribution in [1.82, 2.24) is 0 Å². The highest BCUT2D eigenvalue weighted by Crippen LogP contribution is 2.18.